The molecule has 1 aromatic rings. The van der Waals surface area contributed by atoms with E-state index in [1.807, 2.05) is 0 Å². The third-order valence-corrected chi connectivity index (χ3v) is 6.03. The van der Waals surface area contributed by atoms with Crippen LogP contribution in [0.2, 0.25) is 0 Å². The number of carbonyl (C=O) groups excluding carboxylic acids is 1. The van der Waals surface area contributed by atoms with Crippen LogP contribution in [0.5, 0.6) is 0 Å². The first-order valence-electron chi connectivity index (χ1n) is 7.50. The van der Waals surface area contributed by atoms with Crippen LogP contribution in [0.4, 0.5) is 0 Å². The Morgan fingerprint density at radius 3 is 2.50 bits per heavy atom. The highest BCUT2D eigenvalue weighted by Crippen LogP contribution is 2.43. The van der Waals surface area contributed by atoms with Gasteiger partial charge < -0.3 is 9.80 Å². The molecule has 1 amide bonds. The van der Waals surface area contributed by atoms with Crippen LogP contribution < -0.4 is 0 Å². The van der Waals surface area contributed by atoms with Gasteiger partial charge in [-0.05, 0) is 64.3 Å². The third kappa shape index (κ3) is 2.51. The minimum Gasteiger partial charge on any atom is -0.336 e. The largest absolute Gasteiger partial charge is 0.336 e. The average Bonchev–Trinajstić information content (AvgIpc) is 3.05. The summed E-state index contributed by atoms with van der Waals surface area (Å²) in [5.41, 5.74) is 1.24. The first-order chi connectivity index (χ1) is 9.47. The van der Waals surface area contributed by atoms with E-state index in [0.29, 0.717) is 12.0 Å². The summed E-state index contributed by atoms with van der Waals surface area (Å²) in [7, 11) is 4.29. The lowest BCUT2D eigenvalue weighted by atomic mass is 9.97. The molecule has 0 spiro atoms. The molecule has 3 rings (SSSR count). The Morgan fingerprint density at radius 2 is 2.00 bits per heavy atom. The van der Waals surface area contributed by atoms with Gasteiger partial charge >= 0.3 is 0 Å². The summed E-state index contributed by atoms with van der Waals surface area (Å²) in [5.74, 6) is 1.77. The number of rotatable bonds is 3. The topological polar surface area (TPSA) is 23.6 Å². The molecule has 1 saturated heterocycles. The zero-order valence-electron chi connectivity index (χ0n) is 12.8. The van der Waals surface area contributed by atoms with Gasteiger partial charge in [0.1, 0.15) is 0 Å². The van der Waals surface area contributed by atoms with Gasteiger partial charge in [-0.2, -0.15) is 0 Å². The van der Waals surface area contributed by atoms with Gasteiger partial charge in [0.25, 0.3) is 5.91 Å². The summed E-state index contributed by atoms with van der Waals surface area (Å²) in [5, 5.41) is 0. The summed E-state index contributed by atoms with van der Waals surface area (Å²) in [6.07, 6.45) is 2.71. The molecule has 1 aliphatic heterocycles. The van der Waals surface area contributed by atoms with E-state index in [0.717, 1.165) is 23.9 Å². The number of likely N-dealkylation sites (N-methyl/N-ethyl adjacent to an activating group) is 1. The second-order valence-electron chi connectivity index (χ2n) is 6.59. The fourth-order valence-electron chi connectivity index (χ4n) is 3.35. The highest BCUT2D eigenvalue weighted by Gasteiger charge is 2.44. The van der Waals surface area contributed by atoms with Gasteiger partial charge in [-0.1, -0.05) is 0 Å². The molecule has 0 bridgehead atoms. The lowest BCUT2D eigenvalue weighted by molar-refractivity contribution is 0.0785. The first-order valence-corrected chi connectivity index (χ1v) is 8.31. The Bertz CT molecular complexity index is 489. The normalized spacial score (nSPS) is 26.6. The molecule has 2 aliphatic rings. The van der Waals surface area contributed by atoms with E-state index in [9.17, 15) is 4.79 Å². The summed E-state index contributed by atoms with van der Waals surface area (Å²) < 4.78 is 0. The minimum absolute atomic E-state index is 0.237. The number of nitrogens with zero attached hydrogens (tertiary/aromatic N) is 2. The van der Waals surface area contributed by atoms with Crippen molar-refractivity contribution in [3.8, 4) is 0 Å². The molecule has 0 N–H and O–H groups in total. The van der Waals surface area contributed by atoms with Gasteiger partial charge in [0.15, 0.2) is 0 Å². The molecule has 0 unspecified atom stereocenters. The molecule has 1 aliphatic carbocycles. The zero-order chi connectivity index (χ0) is 14.4. The van der Waals surface area contributed by atoms with Crippen LogP contribution in [0, 0.1) is 25.7 Å². The number of aryl methyl sites for hydroxylation is 2. The van der Waals surface area contributed by atoms with Gasteiger partial charge in [0.2, 0.25) is 0 Å². The summed E-state index contributed by atoms with van der Waals surface area (Å²) >= 11 is 1.64. The number of amides is 1. The molecule has 2 atom stereocenters. The molecule has 2 heterocycles. The van der Waals surface area contributed by atoms with Crippen LogP contribution in [-0.4, -0.2) is 48.9 Å². The molecule has 3 nitrogen and oxygen atoms in total. The lowest BCUT2D eigenvalue weighted by Crippen LogP contribution is -2.36. The third-order valence-electron chi connectivity index (χ3n) is 4.89. The van der Waals surface area contributed by atoms with Crippen molar-refractivity contribution in [1.82, 2.24) is 9.80 Å². The van der Waals surface area contributed by atoms with Crippen LogP contribution in [0.1, 0.15) is 33.0 Å². The molecule has 110 valence electrons. The smallest absolute Gasteiger partial charge is 0.264 e. The van der Waals surface area contributed by atoms with Crippen LogP contribution >= 0.6 is 11.3 Å². The predicted molar refractivity (Wildman–Crippen MR) is 83.4 cm³/mol. The van der Waals surface area contributed by atoms with Crippen LogP contribution in [0.25, 0.3) is 0 Å². The lowest BCUT2D eigenvalue weighted by Gasteiger charge is -2.24. The highest BCUT2D eigenvalue weighted by atomic mass is 32.1. The number of hydrogen-bond acceptors (Lipinski definition) is 3. The van der Waals surface area contributed by atoms with E-state index in [2.05, 4.69) is 43.8 Å². The Kier molecular flexibility index (Phi) is 3.63. The average molecular weight is 292 g/mol. The molecular formula is C16H24N2OS. The van der Waals surface area contributed by atoms with Gasteiger partial charge in [0, 0.05) is 24.0 Å². The van der Waals surface area contributed by atoms with E-state index in [-0.39, 0.29) is 5.91 Å². The quantitative estimate of drug-likeness (QED) is 0.855. The number of carbonyl (C=O) groups is 1. The Balaban J connectivity index is 1.76. The maximum atomic E-state index is 12.7. The fourth-order valence-corrected chi connectivity index (χ4v) is 4.35. The fraction of sp³-hybridized carbons (Fsp3) is 0.688. The van der Waals surface area contributed by atoms with E-state index >= 15 is 0 Å². The van der Waals surface area contributed by atoms with Crippen molar-refractivity contribution in [3.05, 3.63) is 21.4 Å². The molecule has 0 aromatic carbocycles. The van der Waals surface area contributed by atoms with Crippen molar-refractivity contribution in [2.45, 2.75) is 32.7 Å². The van der Waals surface area contributed by atoms with E-state index in [1.54, 1.807) is 11.3 Å². The van der Waals surface area contributed by atoms with E-state index < -0.39 is 0 Å². The van der Waals surface area contributed by atoms with Crippen molar-refractivity contribution < 1.29 is 4.79 Å². The molecular weight excluding hydrogens is 268 g/mol. The Morgan fingerprint density at radius 1 is 1.30 bits per heavy atom. The van der Waals surface area contributed by atoms with Crippen molar-refractivity contribution in [2.24, 2.45) is 11.8 Å². The highest BCUT2D eigenvalue weighted by molar-refractivity contribution is 7.14. The van der Waals surface area contributed by atoms with Gasteiger partial charge in [-0.25, -0.2) is 0 Å². The zero-order valence-corrected chi connectivity index (χ0v) is 13.7. The van der Waals surface area contributed by atoms with Gasteiger partial charge in [0.05, 0.1) is 4.88 Å². The predicted octanol–water partition coefficient (Wildman–Crippen LogP) is 2.78. The molecule has 20 heavy (non-hydrogen) atoms. The molecule has 4 heteroatoms. The first kappa shape index (κ1) is 14.1. The van der Waals surface area contributed by atoms with Crippen molar-refractivity contribution in [1.29, 1.82) is 0 Å². The second-order valence-corrected chi connectivity index (χ2v) is 7.85. The SMILES string of the molecule is Cc1cc(C(=O)N2C[C@H](C3CC3)[C@@H](N(C)C)C2)sc1C. The van der Waals surface area contributed by atoms with Crippen molar-refractivity contribution in [2.75, 3.05) is 27.2 Å². The summed E-state index contributed by atoms with van der Waals surface area (Å²) in [6, 6.07) is 2.59. The number of thiophene rings is 1. The number of hydrogen-bond donors (Lipinski definition) is 0. The standard InChI is InChI=1S/C16H24N2OS/c1-10-7-15(20-11(10)2)16(19)18-8-13(12-5-6-12)14(9-18)17(3)4/h7,12-14H,5-6,8-9H2,1-4H3/t13-,14+/m1/s1. The van der Waals surface area contributed by atoms with Crippen LogP contribution in [-0.2, 0) is 0 Å². The van der Waals surface area contributed by atoms with Crippen molar-refractivity contribution in [3.63, 3.8) is 0 Å². The minimum atomic E-state index is 0.237. The number of likely N-dealkylation sites (tertiary alicyclic amines) is 1. The van der Waals surface area contributed by atoms with Gasteiger partial charge in [-0.3, -0.25) is 4.79 Å². The maximum absolute atomic E-state index is 12.7. The molecule has 1 aromatic heterocycles. The molecule has 0 radical (unpaired) electrons. The van der Waals surface area contributed by atoms with Crippen LogP contribution in [0.15, 0.2) is 6.07 Å². The monoisotopic (exact) mass is 292 g/mol. The Hall–Kier alpha value is -0.870. The second kappa shape index (κ2) is 5.15. The van der Waals surface area contributed by atoms with Crippen molar-refractivity contribution >= 4 is 17.2 Å². The maximum Gasteiger partial charge on any atom is 0.264 e. The summed E-state index contributed by atoms with van der Waals surface area (Å²) in [4.78, 5) is 19.2. The molecule has 1 saturated carbocycles. The van der Waals surface area contributed by atoms with Gasteiger partial charge in [-0.15, -0.1) is 11.3 Å². The summed E-state index contributed by atoms with van der Waals surface area (Å²) in [6.45, 7) is 6.02. The van der Waals surface area contributed by atoms with E-state index in [4.69, 9.17) is 0 Å². The van der Waals surface area contributed by atoms with Crippen LogP contribution in [0.3, 0.4) is 0 Å². The van der Waals surface area contributed by atoms with E-state index in [1.165, 1.54) is 23.3 Å². The Labute approximate surface area is 125 Å². The molecule has 2 fully saturated rings.